The molecule has 6 rings (SSSR count). The van der Waals surface area contributed by atoms with Crippen LogP contribution in [0.25, 0.3) is 0 Å². The van der Waals surface area contributed by atoms with Crippen LogP contribution in [0.1, 0.15) is 77.2 Å². The minimum absolute atomic E-state index is 0.274. The predicted octanol–water partition coefficient (Wildman–Crippen LogP) is 5.11. The summed E-state index contributed by atoms with van der Waals surface area (Å²) in [5, 5.41) is 0. The number of rotatable bonds is 3. The summed E-state index contributed by atoms with van der Waals surface area (Å²) < 4.78 is 27.6. The maximum Gasteiger partial charge on any atom is 0.243 e. The molecule has 0 radical (unpaired) electrons. The van der Waals surface area contributed by atoms with E-state index in [1.165, 1.54) is 44.1 Å². The molecule has 0 aromatic heterocycles. The lowest BCUT2D eigenvalue weighted by Gasteiger charge is -2.65. The van der Waals surface area contributed by atoms with E-state index in [4.69, 9.17) is 0 Å². The molecular formula is C23H33NO2S. The Balaban J connectivity index is 1.46. The number of hydrogen-bond acceptors (Lipinski definition) is 2. The summed E-state index contributed by atoms with van der Waals surface area (Å²) in [6.45, 7) is 6.35. The fraction of sp³-hybridized carbons (Fsp3) is 0.739. The lowest BCUT2D eigenvalue weighted by Crippen LogP contribution is -2.56. The third kappa shape index (κ3) is 2.90. The first-order chi connectivity index (χ1) is 12.7. The fourth-order valence-electron chi connectivity index (χ4n) is 8.00. The van der Waals surface area contributed by atoms with Crippen molar-refractivity contribution in [2.24, 2.45) is 16.7 Å². The average Bonchev–Trinajstić information content (AvgIpc) is 2.59. The van der Waals surface area contributed by atoms with Crippen LogP contribution < -0.4 is 0 Å². The van der Waals surface area contributed by atoms with Gasteiger partial charge in [0.05, 0.1) is 4.90 Å². The molecule has 3 nitrogen and oxygen atoms in total. The maximum atomic E-state index is 13.0. The highest BCUT2D eigenvalue weighted by molar-refractivity contribution is 7.89. The highest BCUT2D eigenvalue weighted by atomic mass is 32.2. The first-order valence-electron chi connectivity index (χ1n) is 10.8. The number of nitrogens with zero attached hydrogens (tertiary/aromatic N) is 1. The summed E-state index contributed by atoms with van der Waals surface area (Å²) in [7, 11) is -3.33. The second kappa shape index (κ2) is 5.82. The molecular weight excluding hydrogens is 354 g/mol. The molecule has 1 saturated heterocycles. The molecule has 1 aromatic rings. The molecule has 148 valence electrons. The van der Waals surface area contributed by atoms with Crippen molar-refractivity contribution in [3.05, 3.63) is 29.8 Å². The summed E-state index contributed by atoms with van der Waals surface area (Å²) in [6.07, 6.45) is 11.1. The van der Waals surface area contributed by atoms with E-state index in [2.05, 4.69) is 26.0 Å². The van der Waals surface area contributed by atoms with Crippen LogP contribution in [0, 0.1) is 16.7 Å². The zero-order valence-corrected chi connectivity index (χ0v) is 17.7. The van der Waals surface area contributed by atoms with Crippen molar-refractivity contribution in [3.8, 4) is 0 Å². The van der Waals surface area contributed by atoms with E-state index in [1.807, 2.05) is 12.1 Å². The first-order valence-corrected chi connectivity index (χ1v) is 12.3. The van der Waals surface area contributed by atoms with Crippen LogP contribution in [0.5, 0.6) is 0 Å². The van der Waals surface area contributed by atoms with E-state index >= 15 is 0 Å². The van der Waals surface area contributed by atoms with Gasteiger partial charge in [0.1, 0.15) is 0 Å². The van der Waals surface area contributed by atoms with E-state index in [0.29, 0.717) is 28.8 Å². The minimum Gasteiger partial charge on any atom is -0.207 e. The second-order valence-electron chi connectivity index (χ2n) is 10.9. The Bertz CT molecular complexity index is 820. The molecule has 0 N–H and O–H groups in total. The minimum atomic E-state index is -3.33. The van der Waals surface area contributed by atoms with Crippen LogP contribution in [0.2, 0.25) is 0 Å². The van der Waals surface area contributed by atoms with Crippen LogP contribution in [0.4, 0.5) is 0 Å². The molecule has 1 aliphatic heterocycles. The lowest BCUT2D eigenvalue weighted by atomic mass is 9.39. The number of benzene rings is 1. The monoisotopic (exact) mass is 387 g/mol. The van der Waals surface area contributed by atoms with E-state index in [9.17, 15) is 8.42 Å². The largest absolute Gasteiger partial charge is 0.243 e. The van der Waals surface area contributed by atoms with Gasteiger partial charge < -0.3 is 0 Å². The molecule has 4 saturated carbocycles. The van der Waals surface area contributed by atoms with Gasteiger partial charge in [-0.25, -0.2) is 8.42 Å². The van der Waals surface area contributed by atoms with E-state index in [1.54, 1.807) is 4.31 Å². The molecule has 1 aromatic carbocycles. The Morgan fingerprint density at radius 3 is 2.00 bits per heavy atom. The Labute approximate surface area is 164 Å². The summed E-state index contributed by atoms with van der Waals surface area (Å²) in [5.74, 6) is 0.855. The van der Waals surface area contributed by atoms with E-state index < -0.39 is 10.0 Å². The van der Waals surface area contributed by atoms with Crippen molar-refractivity contribution in [2.75, 3.05) is 13.1 Å². The third-order valence-electron chi connectivity index (χ3n) is 8.05. The molecule has 1 heterocycles. The van der Waals surface area contributed by atoms with Crippen LogP contribution >= 0.6 is 0 Å². The number of sulfonamides is 1. The summed E-state index contributed by atoms with van der Waals surface area (Å²) >= 11 is 0. The predicted molar refractivity (Wildman–Crippen MR) is 108 cm³/mol. The molecule has 5 fully saturated rings. The Morgan fingerprint density at radius 1 is 0.852 bits per heavy atom. The number of hydrogen-bond donors (Lipinski definition) is 0. The normalized spacial score (nSPS) is 41.8. The molecule has 5 aliphatic rings. The highest BCUT2D eigenvalue weighted by Gasteiger charge is 2.60. The van der Waals surface area contributed by atoms with Gasteiger partial charge in [0, 0.05) is 13.1 Å². The van der Waals surface area contributed by atoms with Crippen molar-refractivity contribution in [1.82, 2.24) is 4.31 Å². The Morgan fingerprint density at radius 2 is 1.44 bits per heavy atom. The van der Waals surface area contributed by atoms with Crippen molar-refractivity contribution < 1.29 is 8.42 Å². The summed E-state index contributed by atoms with van der Waals surface area (Å²) in [5.41, 5.74) is 2.62. The van der Waals surface area contributed by atoms with Gasteiger partial charge in [-0.3, -0.25) is 0 Å². The van der Waals surface area contributed by atoms with Gasteiger partial charge >= 0.3 is 0 Å². The topological polar surface area (TPSA) is 37.4 Å². The van der Waals surface area contributed by atoms with Crippen LogP contribution in [-0.4, -0.2) is 25.8 Å². The van der Waals surface area contributed by atoms with Crippen LogP contribution in [-0.2, 0) is 15.4 Å². The van der Waals surface area contributed by atoms with E-state index in [-0.39, 0.29) is 5.41 Å². The maximum absolute atomic E-state index is 13.0. The van der Waals surface area contributed by atoms with Crippen molar-refractivity contribution in [2.45, 2.75) is 81.9 Å². The smallest absolute Gasteiger partial charge is 0.207 e. The Kier molecular flexibility index (Phi) is 3.92. The lowest BCUT2D eigenvalue weighted by molar-refractivity contribution is -0.110. The molecule has 0 amide bonds. The van der Waals surface area contributed by atoms with Gasteiger partial charge in [-0.15, -0.1) is 0 Å². The van der Waals surface area contributed by atoms with Gasteiger partial charge in [0.15, 0.2) is 0 Å². The van der Waals surface area contributed by atoms with Gasteiger partial charge in [-0.05, 0) is 91.2 Å². The molecule has 2 unspecified atom stereocenters. The summed E-state index contributed by atoms with van der Waals surface area (Å²) in [4.78, 5) is 0.482. The highest BCUT2D eigenvalue weighted by Crippen LogP contribution is 2.69. The van der Waals surface area contributed by atoms with Gasteiger partial charge in [0.25, 0.3) is 0 Å². The van der Waals surface area contributed by atoms with E-state index in [0.717, 1.165) is 25.2 Å². The second-order valence-corrected chi connectivity index (χ2v) is 12.8. The molecule has 4 aliphatic carbocycles. The molecule has 0 spiro atoms. The number of piperidine rings is 1. The molecule has 27 heavy (non-hydrogen) atoms. The zero-order valence-electron chi connectivity index (χ0n) is 16.8. The van der Waals surface area contributed by atoms with Gasteiger partial charge in [-0.2, -0.15) is 4.31 Å². The van der Waals surface area contributed by atoms with Crippen LogP contribution in [0.3, 0.4) is 0 Å². The summed E-state index contributed by atoms with van der Waals surface area (Å²) in [6, 6.07) is 8.08. The average molecular weight is 388 g/mol. The van der Waals surface area contributed by atoms with Crippen LogP contribution in [0.15, 0.2) is 29.2 Å². The zero-order chi connectivity index (χ0) is 18.9. The molecule has 4 bridgehead atoms. The van der Waals surface area contributed by atoms with Crippen molar-refractivity contribution in [1.29, 1.82) is 0 Å². The van der Waals surface area contributed by atoms with Crippen molar-refractivity contribution >= 4 is 10.0 Å². The Hall–Kier alpha value is -0.870. The SMILES string of the molecule is C[C@]12CC3CC(c4ccc(S(=O)(=O)N5CCCCC5)cc4)(C1)C[C@@](C)(C3)C2. The van der Waals surface area contributed by atoms with Gasteiger partial charge in [-0.1, -0.05) is 32.4 Å². The standard InChI is InChI=1S/C23H33NO2S/c1-21-12-18-13-22(2,15-21)17-23(14-18,16-21)19-6-8-20(9-7-19)27(25,26)24-10-4-3-5-11-24/h6-9,18H,3-5,10-17H2,1-2H3/t18?,21-,22+,23?. The first kappa shape index (κ1) is 18.2. The molecule has 4 heteroatoms. The van der Waals surface area contributed by atoms with Gasteiger partial charge in [0.2, 0.25) is 10.0 Å². The fourth-order valence-corrected chi connectivity index (χ4v) is 9.52. The molecule has 4 atom stereocenters. The third-order valence-corrected chi connectivity index (χ3v) is 9.96. The van der Waals surface area contributed by atoms with Crippen molar-refractivity contribution in [3.63, 3.8) is 0 Å². The quantitative estimate of drug-likeness (QED) is 0.723.